The molecule has 94 valence electrons. The molecule has 0 radical (unpaired) electrons. The van der Waals surface area contributed by atoms with Crippen molar-refractivity contribution < 1.29 is 16.8 Å². The Bertz CT molecular complexity index is 390. The van der Waals surface area contributed by atoms with Gasteiger partial charge >= 0.3 is 0 Å². The lowest BCUT2D eigenvalue weighted by Gasteiger charge is -2.56. The molecule has 2 nitrogen and oxygen atoms in total. The lowest BCUT2D eigenvalue weighted by Crippen LogP contribution is -3.00. The van der Waals surface area contributed by atoms with E-state index in [9.17, 15) is 0 Å². The molecule has 0 unspecified atom stereocenters. The van der Waals surface area contributed by atoms with Crippen LogP contribution < -0.4 is 12.4 Å². The molecule has 4 aliphatic carbocycles. The van der Waals surface area contributed by atoms with Gasteiger partial charge in [0.05, 0.1) is 5.69 Å². The standard InChI is InChI=1S/C14H19NO.ClH/c1-9-15-13(8-16-9)14-5-10-2-11(6-14)4-12(3-10)7-14;/h8,10-12H,2-7H2,1H3;1H/p-1. The summed E-state index contributed by atoms with van der Waals surface area (Å²) >= 11 is 0. The Morgan fingerprint density at radius 2 is 1.65 bits per heavy atom. The molecule has 0 saturated heterocycles. The smallest absolute Gasteiger partial charge is 0.191 e. The maximum atomic E-state index is 5.44. The molecule has 17 heavy (non-hydrogen) atoms. The van der Waals surface area contributed by atoms with Gasteiger partial charge in [-0.05, 0) is 56.3 Å². The summed E-state index contributed by atoms with van der Waals surface area (Å²) in [6, 6.07) is 0. The maximum absolute atomic E-state index is 5.44. The second-order valence-electron chi connectivity index (χ2n) is 6.45. The van der Waals surface area contributed by atoms with E-state index in [1.54, 1.807) is 0 Å². The van der Waals surface area contributed by atoms with Crippen LogP contribution in [0, 0.1) is 24.7 Å². The molecular weight excluding hydrogens is 234 g/mol. The molecule has 4 bridgehead atoms. The van der Waals surface area contributed by atoms with E-state index in [0.717, 1.165) is 23.6 Å². The minimum atomic E-state index is 0. The SMILES string of the molecule is Cc1nc(C23CC4CC(CC(C4)C2)C3)co1.[Cl-]. The van der Waals surface area contributed by atoms with E-state index in [-0.39, 0.29) is 12.4 Å². The summed E-state index contributed by atoms with van der Waals surface area (Å²) in [4.78, 5) is 4.63. The van der Waals surface area contributed by atoms with Crippen LogP contribution >= 0.6 is 0 Å². The van der Waals surface area contributed by atoms with Crippen LogP contribution in [0.4, 0.5) is 0 Å². The van der Waals surface area contributed by atoms with Crippen LogP contribution in [0.1, 0.15) is 50.1 Å². The fourth-order valence-electron chi connectivity index (χ4n) is 5.03. The second-order valence-corrected chi connectivity index (χ2v) is 6.45. The molecule has 1 aromatic heterocycles. The Balaban J connectivity index is 0.000000902. The molecule has 0 spiro atoms. The molecule has 1 aromatic rings. The Morgan fingerprint density at radius 3 is 2.06 bits per heavy atom. The van der Waals surface area contributed by atoms with Gasteiger partial charge in [-0.1, -0.05) is 0 Å². The average molecular weight is 253 g/mol. The molecule has 0 amide bonds. The first-order valence-corrected chi connectivity index (χ1v) is 6.66. The van der Waals surface area contributed by atoms with Gasteiger partial charge in [0.1, 0.15) is 6.26 Å². The Morgan fingerprint density at radius 1 is 1.12 bits per heavy atom. The zero-order valence-electron chi connectivity index (χ0n) is 10.3. The largest absolute Gasteiger partial charge is 1.00 e. The van der Waals surface area contributed by atoms with E-state index in [4.69, 9.17) is 4.42 Å². The first-order chi connectivity index (χ1) is 7.73. The van der Waals surface area contributed by atoms with E-state index >= 15 is 0 Å². The van der Waals surface area contributed by atoms with Crippen molar-refractivity contribution >= 4 is 0 Å². The third kappa shape index (κ3) is 1.64. The summed E-state index contributed by atoms with van der Waals surface area (Å²) in [5.41, 5.74) is 1.68. The van der Waals surface area contributed by atoms with Crippen molar-refractivity contribution in [3.8, 4) is 0 Å². The monoisotopic (exact) mass is 252 g/mol. The molecule has 0 aliphatic heterocycles. The summed E-state index contributed by atoms with van der Waals surface area (Å²) in [6.07, 6.45) is 10.6. The molecule has 3 heteroatoms. The van der Waals surface area contributed by atoms with Crippen LogP contribution in [0.25, 0.3) is 0 Å². The van der Waals surface area contributed by atoms with Crippen molar-refractivity contribution in [2.75, 3.05) is 0 Å². The van der Waals surface area contributed by atoms with Gasteiger partial charge in [-0.25, -0.2) is 4.98 Å². The number of nitrogens with zero attached hydrogens (tertiary/aromatic N) is 1. The van der Waals surface area contributed by atoms with Gasteiger partial charge in [-0.15, -0.1) is 0 Å². The molecule has 4 fully saturated rings. The molecule has 1 heterocycles. The van der Waals surface area contributed by atoms with Crippen molar-refractivity contribution in [3.05, 3.63) is 17.8 Å². The number of aryl methyl sites for hydroxylation is 1. The zero-order valence-corrected chi connectivity index (χ0v) is 11.0. The summed E-state index contributed by atoms with van der Waals surface area (Å²) in [7, 11) is 0. The summed E-state index contributed by atoms with van der Waals surface area (Å²) in [5.74, 6) is 3.81. The second kappa shape index (κ2) is 3.74. The normalized spacial score (nSPS) is 42.5. The van der Waals surface area contributed by atoms with Crippen LogP contribution in [-0.4, -0.2) is 4.98 Å². The topological polar surface area (TPSA) is 26.0 Å². The lowest BCUT2D eigenvalue weighted by molar-refractivity contribution is -0.00726. The fourth-order valence-corrected chi connectivity index (χ4v) is 5.03. The Kier molecular flexibility index (Phi) is 2.55. The predicted molar refractivity (Wildman–Crippen MR) is 61.1 cm³/mol. The van der Waals surface area contributed by atoms with Gasteiger partial charge in [-0.2, -0.15) is 0 Å². The first-order valence-electron chi connectivity index (χ1n) is 6.66. The highest BCUT2D eigenvalue weighted by Crippen LogP contribution is 2.60. The lowest BCUT2D eigenvalue weighted by atomic mass is 9.49. The van der Waals surface area contributed by atoms with Crippen molar-refractivity contribution in [2.45, 2.75) is 50.9 Å². The minimum Gasteiger partial charge on any atom is -1.00 e. The van der Waals surface area contributed by atoms with Gasteiger partial charge in [0.2, 0.25) is 0 Å². The summed E-state index contributed by atoms with van der Waals surface area (Å²) in [5, 5.41) is 0. The van der Waals surface area contributed by atoms with Gasteiger partial charge in [-0.3, -0.25) is 0 Å². The first kappa shape index (κ1) is 11.6. The van der Waals surface area contributed by atoms with Gasteiger partial charge < -0.3 is 16.8 Å². The zero-order chi connectivity index (χ0) is 10.8. The predicted octanol–water partition coefficient (Wildman–Crippen LogP) is 0.455. The third-order valence-corrected chi connectivity index (χ3v) is 5.20. The minimum absolute atomic E-state index is 0. The van der Waals surface area contributed by atoms with Gasteiger partial charge in [0.25, 0.3) is 0 Å². The van der Waals surface area contributed by atoms with Gasteiger partial charge in [0, 0.05) is 12.3 Å². The molecule has 0 atom stereocenters. The third-order valence-electron chi connectivity index (χ3n) is 5.20. The molecule has 0 N–H and O–H groups in total. The van der Waals surface area contributed by atoms with E-state index in [1.807, 2.05) is 13.2 Å². The van der Waals surface area contributed by atoms with E-state index in [0.29, 0.717) is 5.41 Å². The quantitative estimate of drug-likeness (QED) is 0.726. The number of aromatic nitrogens is 1. The van der Waals surface area contributed by atoms with Crippen molar-refractivity contribution in [1.29, 1.82) is 0 Å². The molecular formula is C14H19ClNO-. The molecule has 5 rings (SSSR count). The highest BCUT2D eigenvalue weighted by molar-refractivity contribution is 5.20. The highest BCUT2D eigenvalue weighted by atomic mass is 35.5. The van der Waals surface area contributed by atoms with Crippen LogP contribution in [0.2, 0.25) is 0 Å². The van der Waals surface area contributed by atoms with Crippen LogP contribution in [-0.2, 0) is 5.41 Å². The number of halogens is 1. The molecule has 0 aromatic carbocycles. The summed E-state index contributed by atoms with van der Waals surface area (Å²) < 4.78 is 5.44. The Hall–Kier alpha value is -0.500. The van der Waals surface area contributed by atoms with Crippen molar-refractivity contribution in [1.82, 2.24) is 4.98 Å². The van der Waals surface area contributed by atoms with Crippen LogP contribution in [0.15, 0.2) is 10.7 Å². The van der Waals surface area contributed by atoms with E-state index in [1.165, 1.54) is 44.2 Å². The number of hydrogen-bond donors (Lipinski definition) is 0. The number of hydrogen-bond acceptors (Lipinski definition) is 2. The van der Waals surface area contributed by atoms with Crippen molar-refractivity contribution in [3.63, 3.8) is 0 Å². The van der Waals surface area contributed by atoms with Crippen LogP contribution in [0.5, 0.6) is 0 Å². The number of rotatable bonds is 1. The maximum Gasteiger partial charge on any atom is 0.191 e. The molecule has 4 aliphatic rings. The van der Waals surface area contributed by atoms with E-state index in [2.05, 4.69) is 4.98 Å². The van der Waals surface area contributed by atoms with Crippen molar-refractivity contribution in [2.24, 2.45) is 17.8 Å². The van der Waals surface area contributed by atoms with E-state index < -0.39 is 0 Å². The fraction of sp³-hybridized carbons (Fsp3) is 0.786. The number of oxazole rings is 1. The Labute approximate surface area is 109 Å². The van der Waals surface area contributed by atoms with Crippen LogP contribution in [0.3, 0.4) is 0 Å². The highest BCUT2D eigenvalue weighted by Gasteiger charge is 2.52. The average Bonchev–Trinajstić information content (AvgIpc) is 2.63. The molecule has 4 saturated carbocycles. The summed E-state index contributed by atoms with van der Waals surface area (Å²) in [6.45, 7) is 1.96. The van der Waals surface area contributed by atoms with Gasteiger partial charge in [0.15, 0.2) is 5.89 Å².